The lowest BCUT2D eigenvalue weighted by Gasteiger charge is -2.11. The molecule has 0 unspecified atom stereocenters. The van der Waals surface area contributed by atoms with Crippen LogP contribution in [-0.2, 0) is 0 Å². The molecular weight excluding hydrogens is 242 g/mol. The molecule has 0 amide bonds. The van der Waals surface area contributed by atoms with Gasteiger partial charge in [0.2, 0.25) is 0 Å². The second-order valence-corrected chi connectivity index (χ2v) is 4.22. The van der Waals surface area contributed by atoms with Gasteiger partial charge in [-0.1, -0.05) is 36.4 Å². The van der Waals surface area contributed by atoms with E-state index >= 15 is 0 Å². The van der Waals surface area contributed by atoms with Gasteiger partial charge in [-0.3, -0.25) is 4.79 Å². The maximum Gasteiger partial charge on any atom is 0.337 e. The average Bonchev–Trinajstić information content (AvgIpc) is 2.39. The molecule has 19 heavy (non-hydrogen) atoms. The van der Waals surface area contributed by atoms with E-state index in [-0.39, 0.29) is 22.6 Å². The zero-order chi connectivity index (χ0) is 14.0. The Hall–Kier alpha value is -2.62. The number of aromatic carboxylic acids is 1. The van der Waals surface area contributed by atoms with Crippen LogP contribution in [0.2, 0.25) is 0 Å². The third-order valence-corrected chi connectivity index (χ3v) is 2.95. The van der Waals surface area contributed by atoms with Crippen LogP contribution in [0.4, 0.5) is 5.69 Å². The minimum absolute atomic E-state index is 0.0151. The number of carbonyl (C=O) groups excluding carboxylic acids is 1. The molecule has 96 valence electrons. The van der Waals surface area contributed by atoms with E-state index in [4.69, 9.17) is 10.8 Å². The lowest BCUT2D eigenvalue weighted by Crippen LogP contribution is -2.12. The monoisotopic (exact) mass is 255 g/mol. The molecule has 2 aromatic carbocycles. The largest absolute Gasteiger partial charge is 0.478 e. The molecule has 0 heterocycles. The van der Waals surface area contributed by atoms with Crippen molar-refractivity contribution in [1.82, 2.24) is 0 Å². The third-order valence-electron chi connectivity index (χ3n) is 2.95. The minimum Gasteiger partial charge on any atom is -0.478 e. The molecule has 0 saturated heterocycles. The predicted molar refractivity (Wildman–Crippen MR) is 72.4 cm³/mol. The standard InChI is InChI=1S/C15H13NO3/c1-9-7-8-11(15(18)19)13(16)12(9)14(17)10-5-3-2-4-6-10/h2-8H,16H2,1H3,(H,18,19). The summed E-state index contributed by atoms with van der Waals surface area (Å²) in [5.41, 5.74) is 7.19. The molecule has 0 spiro atoms. The number of carboxylic acid groups (broad SMARTS) is 1. The van der Waals surface area contributed by atoms with E-state index in [0.29, 0.717) is 11.1 Å². The summed E-state index contributed by atoms with van der Waals surface area (Å²) in [5.74, 6) is -1.40. The number of carboxylic acids is 1. The number of carbonyl (C=O) groups is 2. The summed E-state index contributed by atoms with van der Waals surface area (Å²) >= 11 is 0. The van der Waals surface area contributed by atoms with Gasteiger partial charge in [0, 0.05) is 11.1 Å². The van der Waals surface area contributed by atoms with Crippen LogP contribution >= 0.6 is 0 Å². The fraction of sp³-hybridized carbons (Fsp3) is 0.0667. The number of rotatable bonds is 3. The number of anilines is 1. The lowest BCUT2D eigenvalue weighted by molar-refractivity contribution is 0.0698. The second kappa shape index (κ2) is 4.94. The predicted octanol–water partition coefficient (Wildman–Crippen LogP) is 2.51. The summed E-state index contributed by atoms with van der Waals surface area (Å²) < 4.78 is 0. The quantitative estimate of drug-likeness (QED) is 0.652. The van der Waals surface area contributed by atoms with Crippen LogP contribution in [0.1, 0.15) is 31.8 Å². The molecule has 2 aromatic rings. The Morgan fingerprint density at radius 2 is 1.68 bits per heavy atom. The Balaban J connectivity index is 2.60. The molecule has 0 atom stereocenters. The van der Waals surface area contributed by atoms with Crippen LogP contribution in [0, 0.1) is 6.92 Å². The first-order valence-corrected chi connectivity index (χ1v) is 5.74. The van der Waals surface area contributed by atoms with Crippen molar-refractivity contribution in [3.05, 3.63) is 64.7 Å². The van der Waals surface area contributed by atoms with E-state index < -0.39 is 5.97 Å². The van der Waals surface area contributed by atoms with Crippen molar-refractivity contribution in [3.8, 4) is 0 Å². The van der Waals surface area contributed by atoms with Crippen molar-refractivity contribution < 1.29 is 14.7 Å². The van der Waals surface area contributed by atoms with E-state index in [1.165, 1.54) is 6.07 Å². The molecule has 0 radical (unpaired) electrons. The summed E-state index contributed by atoms with van der Waals surface area (Å²) in [6.45, 7) is 1.73. The number of benzene rings is 2. The number of hydrogen-bond acceptors (Lipinski definition) is 3. The average molecular weight is 255 g/mol. The highest BCUT2D eigenvalue weighted by Gasteiger charge is 2.19. The van der Waals surface area contributed by atoms with Gasteiger partial charge in [0.1, 0.15) is 0 Å². The first-order valence-electron chi connectivity index (χ1n) is 5.74. The van der Waals surface area contributed by atoms with Gasteiger partial charge in [-0.25, -0.2) is 4.79 Å². The van der Waals surface area contributed by atoms with E-state index in [9.17, 15) is 9.59 Å². The van der Waals surface area contributed by atoms with Gasteiger partial charge in [-0.05, 0) is 18.6 Å². The van der Waals surface area contributed by atoms with E-state index in [2.05, 4.69) is 0 Å². The van der Waals surface area contributed by atoms with Crippen molar-refractivity contribution in [1.29, 1.82) is 0 Å². The van der Waals surface area contributed by atoms with Crippen molar-refractivity contribution in [2.45, 2.75) is 6.92 Å². The molecule has 0 aliphatic rings. The molecule has 4 nitrogen and oxygen atoms in total. The van der Waals surface area contributed by atoms with Crippen LogP contribution < -0.4 is 5.73 Å². The van der Waals surface area contributed by atoms with Gasteiger partial charge in [0.25, 0.3) is 0 Å². The molecule has 0 bridgehead atoms. The Morgan fingerprint density at radius 1 is 1.05 bits per heavy atom. The van der Waals surface area contributed by atoms with Gasteiger partial charge >= 0.3 is 5.97 Å². The first-order chi connectivity index (χ1) is 9.02. The smallest absolute Gasteiger partial charge is 0.337 e. The molecule has 4 heteroatoms. The van der Waals surface area contributed by atoms with Crippen molar-refractivity contribution in [2.24, 2.45) is 0 Å². The maximum atomic E-state index is 12.4. The number of aryl methyl sites for hydroxylation is 1. The van der Waals surface area contributed by atoms with Crippen molar-refractivity contribution in [2.75, 3.05) is 5.73 Å². The lowest BCUT2D eigenvalue weighted by atomic mass is 9.95. The maximum absolute atomic E-state index is 12.4. The fourth-order valence-electron chi connectivity index (χ4n) is 1.95. The summed E-state index contributed by atoms with van der Waals surface area (Å²) in [7, 11) is 0. The minimum atomic E-state index is -1.14. The number of ketones is 1. The van der Waals surface area contributed by atoms with Gasteiger partial charge < -0.3 is 10.8 Å². The third kappa shape index (κ3) is 2.33. The number of nitrogen functional groups attached to an aromatic ring is 1. The Labute approximate surface area is 110 Å². The Kier molecular flexibility index (Phi) is 3.33. The molecule has 0 aliphatic carbocycles. The van der Waals surface area contributed by atoms with Crippen LogP contribution in [0.25, 0.3) is 0 Å². The van der Waals surface area contributed by atoms with Crippen molar-refractivity contribution >= 4 is 17.4 Å². The van der Waals surface area contributed by atoms with E-state index in [1.54, 1.807) is 43.3 Å². The summed E-state index contributed by atoms with van der Waals surface area (Å²) in [5, 5.41) is 9.04. The van der Waals surface area contributed by atoms with E-state index in [1.807, 2.05) is 0 Å². The highest BCUT2D eigenvalue weighted by atomic mass is 16.4. The van der Waals surface area contributed by atoms with Gasteiger partial charge in [-0.2, -0.15) is 0 Å². The second-order valence-electron chi connectivity index (χ2n) is 4.22. The zero-order valence-electron chi connectivity index (χ0n) is 10.4. The summed E-state index contributed by atoms with van der Waals surface area (Å²) in [6.07, 6.45) is 0. The molecule has 0 fully saturated rings. The Bertz CT molecular complexity index is 648. The zero-order valence-corrected chi connectivity index (χ0v) is 10.4. The summed E-state index contributed by atoms with van der Waals surface area (Å²) in [4.78, 5) is 23.4. The normalized spacial score (nSPS) is 10.2. The summed E-state index contributed by atoms with van der Waals surface area (Å²) in [6, 6.07) is 11.7. The van der Waals surface area contributed by atoms with Crippen LogP contribution in [0.15, 0.2) is 42.5 Å². The first kappa shape index (κ1) is 12.8. The fourth-order valence-corrected chi connectivity index (χ4v) is 1.95. The highest BCUT2D eigenvalue weighted by molar-refractivity contribution is 6.15. The molecule has 0 saturated carbocycles. The number of nitrogens with two attached hydrogens (primary N) is 1. The molecule has 0 aliphatic heterocycles. The van der Waals surface area contributed by atoms with Gasteiger partial charge in [0.15, 0.2) is 5.78 Å². The van der Waals surface area contributed by atoms with Crippen molar-refractivity contribution in [3.63, 3.8) is 0 Å². The van der Waals surface area contributed by atoms with Crippen LogP contribution in [-0.4, -0.2) is 16.9 Å². The highest BCUT2D eigenvalue weighted by Crippen LogP contribution is 2.24. The van der Waals surface area contributed by atoms with Crippen LogP contribution in [0.3, 0.4) is 0 Å². The van der Waals surface area contributed by atoms with Gasteiger partial charge in [-0.15, -0.1) is 0 Å². The Morgan fingerprint density at radius 3 is 2.26 bits per heavy atom. The molecule has 0 aromatic heterocycles. The van der Waals surface area contributed by atoms with Crippen LogP contribution in [0.5, 0.6) is 0 Å². The topological polar surface area (TPSA) is 80.4 Å². The van der Waals surface area contributed by atoms with Gasteiger partial charge in [0.05, 0.1) is 11.3 Å². The molecular formula is C15H13NO3. The van der Waals surface area contributed by atoms with E-state index in [0.717, 1.165) is 0 Å². The molecule has 3 N–H and O–H groups in total. The SMILES string of the molecule is Cc1ccc(C(=O)O)c(N)c1C(=O)c1ccccc1. The molecule has 2 rings (SSSR count). The number of hydrogen-bond donors (Lipinski definition) is 2.